The molecule has 0 bridgehead atoms. The predicted molar refractivity (Wildman–Crippen MR) is 95.8 cm³/mol. The first-order chi connectivity index (χ1) is 11.9. The number of methoxy groups -OCH3 is 3. The van der Waals surface area contributed by atoms with Gasteiger partial charge in [-0.05, 0) is 31.0 Å². The summed E-state index contributed by atoms with van der Waals surface area (Å²) in [6.45, 7) is 3.92. The zero-order chi connectivity index (χ0) is 18.4. The Hall–Kier alpha value is -1.35. The first kappa shape index (κ1) is 20.0. The fourth-order valence-electron chi connectivity index (χ4n) is 3.10. The lowest BCUT2D eigenvalue weighted by Crippen LogP contribution is -2.33. The highest BCUT2D eigenvalue weighted by Crippen LogP contribution is 2.31. The van der Waals surface area contributed by atoms with Crippen LogP contribution in [0.5, 0.6) is 11.5 Å². The fraction of sp³-hybridized carbons (Fsp3) is 0.647. The van der Waals surface area contributed by atoms with Crippen LogP contribution in [0.1, 0.15) is 6.42 Å². The standard InChI is InChI=1S/C17H28N2O5S/c1-18(12-14-7-8-19(13-14)9-10-22-2)25(20,21)17-11-15(23-3)5-6-16(17)24-4/h5-6,11,14H,7-10,12-13H2,1-4H3. The van der Waals surface area contributed by atoms with Gasteiger partial charge in [-0.1, -0.05) is 0 Å². The lowest BCUT2D eigenvalue weighted by molar-refractivity contribution is 0.158. The van der Waals surface area contributed by atoms with E-state index < -0.39 is 10.0 Å². The summed E-state index contributed by atoms with van der Waals surface area (Å²) in [7, 11) is 2.63. The van der Waals surface area contributed by atoms with Gasteiger partial charge >= 0.3 is 0 Å². The molecule has 0 radical (unpaired) electrons. The van der Waals surface area contributed by atoms with E-state index in [9.17, 15) is 8.42 Å². The summed E-state index contributed by atoms with van der Waals surface area (Å²) >= 11 is 0. The normalized spacial score (nSPS) is 18.7. The third-order valence-electron chi connectivity index (χ3n) is 4.56. The minimum atomic E-state index is -3.65. The lowest BCUT2D eigenvalue weighted by atomic mass is 10.1. The van der Waals surface area contributed by atoms with Gasteiger partial charge < -0.3 is 19.1 Å². The van der Waals surface area contributed by atoms with Crippen LogP contribution in [0, 0.1) is 5.92 Å². The van der Waals surface area contributed by atoms with Crippen molar-refractivity contribution in [2.24, 2.45) is 5.92 Å². The van der Waals surface area contributed by atoms with Crippen LogP contribution in [0.15, 0.2) is 23.1 Å². The molecule has 1 unspecified atom stereocenters. The minimum Gasteiger partial charge on any atom is -0.497 e. The Morgan fingerprint density at radius 2 is 2.00 bits per heavy atom. The van der Waals surface area contributed by atoms with Gasteiger partial charge in [0, 0.05) is 39.9 Å². The Balaban J connectivity index is 2.09. The highest BCUT2D eigenvalue weighted by molar-refractivity contribution is 7.89. The van der Waals surface area contributed by atoms with Gasteiger partial charge in [0.1, 0.15) is 16.4 Å². The van der Waals surface area contributed by atoms with Gasteiger partial charge in [0.25, 0.3) is 0 Å². The van der Waals surface area contributed by atoms with E-state index >= 15 is 0 Å². The Morgan fingerprint density at radius 3 is 2.64 bits per heavy atom. The van der Waals surface area contributed by atoms with Crippen LogP contribution in [0.3, 0.4) is 0 Å². The van der Waals surface area contributed by atoms with E-state index in [0.717, 1.165) is 26.1 Å². The summed E-state index contributed by atoms with van der Waals surface area (Å²) in [6, 6.07) is 4.80. The van der Waals surface area contributed by atoms with Crippen molar-refractivity contribution in [2.75, 3.05) is 61.2 Å². The van der Waals surface area contributed by atoms with Crippen molar-refractivity contribution in [1.82, 2.24) is 9.21 Å². The molecule has 1 saturated heterocycles. The summed E-state index contributed by atoms with van der Waals surface area (Å²) in [5.74, 6) is 1.12. The molecule has 0 aliphatic carbocycles. The number of benzene rings is 1. The highest BCUT2D eigenvalue weighted by Gasteiger charge is 2.30. The molecule has 1 aliphatic rings. The van der Waals surface area contributed by atoms with Crippen molar-refractivity contribution >= 4 is 10.0 Å². The van der Waals surface area contributed by atoms with Crippen LogP contribution in [-0.4, -0.2) is 78.8 Å². The average molecular weight is 372 g/mol. The number of rotatable bonds is 9. The van der Waals surface area contributed by atoms with E-state index in [1.165, 1.54) is 24.6 Å². The summed E-state index contributed by atoms with van der Waals surface area (Å²) < 4.78 is 42.9. The number of hydrogen-bond donors (Lipinski definition) is 0. The summed E-state index contributed by atoms with van der Waals surface area (Å²) in [5, 5.41) is 0. The van der Waals surface area contributed by atoms with Gasteiger partial charge in [0.15, 0.2) is 0 Å². The quantitative estimate of drug-likeness (QED) is 0.651. The Bertz CT molecular complexity index is 665. The maximum Gasteiger partial charge on any atom is 0.246 e. The molecule has 1 fully saturated rings. The Kier molecular flexibility index (Phi) is 7.06. The smallest absolute Gasteiger partial charge is 0.246 e. The average Bonchev–Trinajstić information content (AvgIpc) is 3.06. The molecule has 1 heterocycles. The maximum absolute atomic E-state index is 13.0. The second-order valence-electron chi connectivity index (χ2n) is 6.25. The van der Waals surface area contributed by atoms with Gasteiger partial charge in [0.05, 0.1) is 20.8 Å². The number of likely N-dealkylation sites (tertiary alicyclic amines) is 1. The van der Waals surface area contributed by atoms with E-state index in [-0.39, 0.29) is 4.90 Å². The van der Waals surface area contributed by atoms with Gasteiger partial charge in [-0.2, -0.15) is 0 Å². The molecule has 0 amide bonds. The summed E-state index contributed by atoms with van der Waals surface area (Å²) in [5.41, 5.74) is 0. The monoisotopic (exact) mass is 372 g/mol. The number of hydrogen-bond acceptors (Lipinski definition) is 6. The van der Waals surface area contributed by atoms with Crippen LogP contribution in [-0.2, 0) is 14.8 Å². The molecule has 7 nitrogen and oxygen atoms in total. The Morgan fingerprint density at radius 1 is 1.24 bits per heavy atom. The topological polar surface area (TPSA) is 68.3 Å². The molecular formula is C17H28N2O5S. The Labute approximate surface area is 150 Å². The van der Waals surface area contributed by atoms with E-state index in [1.54, 1.807) is 26.3 Å². The predicted octanol–water partition coefficient (Wildman–Crippen LogP) is 1.29. The molecular weight excluding hydrogens is 344 g/mol. The van der Waals surface area contributed by atoms with Gasteiger partial charge in [-0.3, -0.25) is 0 Å². The summed E-state index contributed by atoms with van der Waals surface area (Å²) in [4.78, 5) is 2.44. The van der Waals surface area contributed by atoms with Crippen LogP contribution in [0.25, 0.3) is 0 Å². The fourth-order valence-corrected chi connectivity index (χ4v) is 4.51. The molecule has 1 aromatic rings. The van der Waals surface area contributed by atoms with E-state index in [0.29, 0.717) is 30.6 Å². The minimum absolute atomic E-state index is 0.131. The van der Waals surface area contributed by atoms with Crippen LogP contribution in [0.4, 0.5) is 0 Å². The van der Waals surface area contributed by atoms with Crippen LogP contribution >= 0.6 is 0 Å². The van der Waals surface area contributed by atoms with E-state index in [2.05, 4.69) is 4.90 Å². The van der Waals surface area contributed by atoms with E-state index in [4.69, 9.17) is 14.2 Å². The van der Waals surface area contributed by atoms with Crippen molar-refractivity contribution in [3.05, 3.63) is 18.2 Å². The molecule has 0 N–H and O–H groups in total. The molecule has 8 heteroatoms. The van der Waals surface area contributed by atoms with Crippen LogP contribution < -0.4 is 9.47 Å². The highest BCUT2D eigenvalue weighted by atomic mass is 32.2. The second-order valence-corrected chi connectivity index (χ2v) is 8.26. The van der Waals surface area contributed by atoms with Gasteiger partial charge in [-0.25, -0.2) is 12.7 Å². The van der Waals surface area contributed by atoms with Crippen molar-refractivity contribution in [3.63, 3.8) is 0 Å². The molecule has 0 aromatic heterocycles. The van der Waals surface area contributed by atoms with Crippen molar-refractivity contribution < 1.29 is 22.6 Å². The molecule has 1 atom stereocenters. The molecule has 2 rings (SSSR count). The first-order valence-electron chi connectivity index (χ1n) is 8.32. The third kappa shape index (κ3) is 4.84. The molecule has 0 saturated carbocycles. The maximum atomic E-state index is 13.0. The van der Waals surface area contributed by atoms with Crippen molar-refractivity contribution in [1.29, 1.82) is 0 Å². The van der Waals surface area contributed by atoms with Crippen molar-refractivity contribution in [2.45, 2.75) is 11.3 Å². The third-order valence-corrected chi connectivity index (χ3v) is 6.40. The molecule has 1 aromatic carbocycles. The summed E-state index contributed by atoms with van der Waals surface area (Å²) in [6.07, 6.45) is 0.985. The zero-order valence-electron chi connectivity index (χ0n) is 15.4. The van der Waals surface area contributed by atoms with Gasteiger partial charge in [-0.15, -0.1) is 0 Å². The first-order valence-corrected chi connectivity index (χ1v) is 9.76. The van der Waals surface area contributed by atoms with Gasteiger partial charge in [0.2, 0.25) is 10.0 Å². The lowest BCUT2D eigenvalue weighted by Gasteiger charge is -2.22. The SMILES string of the molecule is COCCN1CCC(CN(C)S(=O)(=O)c2cc(OC)ccc2OC)C1. The molecule has 142 valence electrons. The molecule has 0 spiro atoms. The largest absolute Gasteiger partial charge is 0.497 e. The second kappa shape index (κ2) is 8.84. The van der Waals surface area contributed by atoms with Crippen LogP contribution in [0.2, 0.25) is 0 Å². The number of nitrogens with zero attached hydrogens (tertiary/aromatic N) is 2. The number of ether oxygens (including phenoxy) is 3. The number of sulfonamides is 1. The molecule has 1 aliphatic heterocycles. The molecule has 25 heavy (non-hydrogen) atoms. The van der Waals surface area contributed by atoms with Crippen molar-refractivity contribution in [3.8, 4) is 11.5 Å². The zero-order valence-corrected chi connectivity index (χ0v) is 16.2. The van der Waals surface area contributed by atoms with E-state index in [1.807, 2.05) is 0 Å².